The second-order valence-electron chi connectivity index (χ2n) is 6.65. The molecule has 5 nitrogen and oxygen atoms in total. The van der Waals surface area contributed by atoms with Gasteiger partial charge in [-0.1, -0.05) is 12.1 Å². The van der Waals surface area contributed by atoms with E-state index in [1.54, 1.807) is 0 Å². The molecule has 3 heterocycles. The van der Waals surface area contributed by atoms with Crippen LogP contribution in [0.15, 0.2) is 42.6 Å². The molecule has 2 aliphatic heterocycles. The van der Waals surface area contributed by atoms with Crippen LogP contribution in [0.5, 0.6) is 11.5 Å². The highest BCUT2D eigenvalue weighted by Crippen LogP contribution is 2.33. The number of hydrogen-bond acceptors (Lipinski definition) is 5. The molecule has 24 heavy (non-hydrogen) atoms. The van der Waals surface area contributed by atoms with Crippen LogP contribution < -0.4 is 14.4 Å². The molecular formula is C19H23N3O2. The largest absolute Gasteiger partial charge is 0.454 e. The molecule has 1 aromatic heterocycles. The van der Waals surface area contributed by atoms with Gasteiger partial charge in [0.15, 0.2) is 11.5 Å². The van der Waals surface area contributed by atoms with Crippen molar-refractivity contribution in [2.45, 2.75) is 32.5 Å². The Bertz CT molecular complexity index is 695. The molecule has 0 spiro atoms. The van der Waals surface area contributed by atoms with Crippen LogP contribution in [0, 0.1) is 0 Å². The zero-order valence-corrected chi connectivity index (χ0v) is 14.2. The van der Waals surface area contributed by atoms with Crippen LogP contribution in [0.3, 0.4) is 0 Å². The van der Waals surface area contributed by atoms with E-state index in [4.69, 9.17) is 9.47 Å². The van der Waals surface area contributed by atoms with E-state index < -0.39 is 0 Å². The van der Waals surface area contributed by atoms with Gasteiger partial charge in [0.1, 0.15) is 5.82 Å². The van der Waals surface area contributed by atoms with Crippen molar-refractivity contribution in [1.82, 2.24) is 9.88 Å². The Hall–Kier alpha value is -2.27. The zero-order valence-electron chi connectivity index (χ0n) is 14.2. The van der Waals surface area contributed by atoms with Crippen LogP contribution in [-0.4, -0.2) is 41.9 Å². The van der Waals surface area contributed by atoms with Gasteiger partial charge in [-0.05, 0) is 43.7 Å². The maximum absolute atomic E-state index is 5.50. The van der Waals surface area contributed by atoms with Crippen molar-refractivity contribution in [3.63, 3.8) is 0 Å². The normalized spacial score (nSPS) is 23.5. The molecule has 126 valence electrons. The molecule has 1 fully saturated rings. The highest BCUT2D eigenvalue weighted by atomic mass is 16.7. The minimum atomic E-state index is 0.328. The number of rotatable bonds is 3. The van der Waals surface area contributed by atoms with Gasteiger partial charge in [-0.15, -0.1) is 0 Å². The van der Waals surface area contributed by atoms with E-state index in [2.05, 4.69) is 52.9 Å². The fraction of sp³-hybridized carbons (Fsp3) is 0.421. The second-order valence-corrected chi connectivity index (χ2v) is 6.65. The summed E-state index contributed by atoms with van der Waals surface area (Å²) in [5.74, 6) is 2.78. The number of aromatic nitrogens is 1. The summed E-state index contributed by atoms with van der Waals surface area (Å²) in [4.78, 5) is 9.43. The highest BCUT2D eigenvalue weighted by molar-refractivity contribution is 5.44. The SMILES string of the molecule is CC1CN(c2ccccn2)CC(C)N1Cc1ccc2c(c1)OCO2. The fourth-order valence-corrected chi connectivity index (χ4v) is 3.65. The number of ether oxygens (including phenoxy) is 2. The minimum absolute atomic E-state index is 0.328. The third-order valence-corrected chi connectivity index (χ3v) is 4.88. The first-order valence-electron chi connectivity index (χ1n) is 8.51. The highest BCUT2D eigenvalue weighted by Gasteiger charge is 2.30. The van der Waals surface area contributed by atoms with Gasteiger partial charge >= 0.3 is 0 Å². The van der Waals surface area contributed by atoms with Crippen molar-refractivity contribution < 1.29 is 9.47 Å². The van der Waals surface area contributed by atoms with E-state index in [0.717, 1.165) is 37.0 Å². The van der Waals surface area contributed by atoms with E-state index in [0.29, 0.717) is 18.9 Å². The lowest BCUT2D eigenvalue weighted by Crippen LogP contribution is -2.56. The quantitative estimate of drug-likeness (QED) is 0.867. The maximum Gasteiger partial charge on any atom is 0.231 e. The average molecular weight is 325 g/mol. The molecule has 4 rings (SSSR count). The van der Waals surface area contributed by atoms with Crippen LogP contribution in [0.2, 0.25) is 0 Å². The topological polar surface area (TPSA) is 37.8 Å². The molecule has 5 heteroatoms. The first-order chi connectivity index (χ1) is 11.7. The van der Waals surface area contributed by atoms with E-state index in [1.807, 2.05) is 18.3 Å². The van der Waals surface area contributed by atoms with Gasteiger partial charge in [-0.2, -0.15) is 0 Å². The Labute approximate surface area is 142 Å². The zero-order chi connectivity index (χ0) is 16.5. The van der Waals surface area contributed by atoms with E-state index in [9.17, 15) is 0 Å². The van der Waals surface area contributed by atoms with Gasteiger partial charge in [0.05, 0.1) is 0 Å². The third-order valence-electron chi connectivity index (χ3n) is 4.88. The van der Waals surface area contributed by atoms with Crippen molar-refractivity contribution in [2.24, 2.45) is 0 Å². The molecule has 0 saturated carbocycles. The lowest BCUT2D eigenvalue weighted by Gasteiger charge is -2.45. The lowest BCUT2D eigenvalue weighted by atomic mass is 10.1. The predicted octanol–water partition coefficient (Wildman–Crippen LogP) is 2.91. The average Bonchev–Trinajstić information content (AvgIpc) is 3.06. The summed E-state index contributed by atoms with van der Waals surface area (Å²) >= 11 is 0. The van der Waals surface area contributed by atoms with Crippen molar-refractivity contribution >= 4 is 5.82 Å². The summed E-state index contributed by atoms with van der Waals surface area (Å²) in [6, 6.07) is 13.3. The minimum Gasteiger partial charge on any atom is -0.454 e. The molecule has 0 amide bonds. The summed E-state index contributed by atoms with van der Waals surface area (Å²) in [5.41, 5.74) is 1.27. The molecule has 1 aromatic carbocycles. The first kappa shape index (κ1) is 15.3. The van der Waals surface area contributed by atoms with Gasteiger partial charge in [0.25, 0.3) is 0 Å². The van der Waals surface area contributed by atoms with Crippen molar-refractivity contribution in [3.8, 4) is 11.5 Å². The molecular weight excluding hydrogens is 302 g/mol. The Kier molecular flexibility index (Phi) is 4.02. The van der Waals surface area contributed by atoms with E-state index in [1.165, 1.54) is 5.56 Å². The Morgan fingerprint density at radius 3 is 2.58 bits per heavy atom. The van der Waals surface area contributed by atoms with Crippen LogP contribution in [0.25, 0.3) is 0 Å². The number of pyridine rings is 1. The van der Waals surface area contributed by atoms with Crippen molar-refractivity contribution in [2.75, 3.05) is 24.8 Å². The lowest BCUT2D eigenvalue weighted by molar-refractivity contribution is 0.122. The molecule has 2 aliphatic rings. The second kappa shape index (κ2) is 6.32. The van der Waals surface area contributed by atoms with Gasteiger partial charge in [0.2, 0.25) is 6.79 Å². The Morgan fingerprint density at radius 1 is 1.04 bits per heavy atom. The van der Waals surface area contributed by atoms with Crippen LogP contribution >= 0.6 is 0 Å². The summed E-state index contributed by atoms with van der Waals surface area (Å²) in [6.45, 7) is 7.82. The van der Waals surface area contributed by atoms with Crippen molar-refractivity contribution in [1.29, 1.82) is 0 Å². The van der Waals surface area contributed by atoms with Gasteiger partial charge in [-0.3, -0.25) is 4.90 Å². The standard InChI is InChI=1S/C19H23N3O2/c1-14-10-21(19-5-3-4-8-20-19)11-15(2)22(14)12-16-6-7-17-18(9-16)24-13-23-17/h3-9,14-15H,10-13H2,1-2H3. The molecule has 0 N–H and O–H groups in total. The third kappa shape index (κ3) is 2.91. The number of fused-ring (bicyclic) bond motifs is 1. The molecule has 0 bridgehead atoms. The summed E-state index contributed by atoms with van der Waals surface area (Å²) in [7, 11) is 0. The molecule has 2 atom stereocenters. The Morgan fingerprint density at radius 2 is 1.83 bits per heavy atom. The monoisotopic (exact) mass is 325 g/mol. The maximum atomic E-state index is 5.50. The summed E-state index contributed by atoms with van der Waals surface area (Å²) in [6.07, 6.45) is 1.86. The number of anilines is 1. The smallest absolute Gasteiger partial charge is 0.231 e. The number of piperazine rings is 1. The molecule has 2 aromatic rings. The van der Waals surface area contributed by atoms with Crippen LogP contribution in [0.4, 0.5) is 5.82 Å². The first-order valence-corrected chi connectivity index (χ1v) is 8.51. The van der Waals surface area contributed by atoms with Crippen LogP contribution in [0.1, 0.15) is 19.4 Å². The Balaban J connectivity index is 1.47. The van der Waals surface area contributed by atoms with Crippen LogP contribution in [-0.2, 0) is 6.54 Å². The van der Waals surface area contributed by atoms with Gasteiger partial charge in [0, 0.05) is 37.9 Å². The number of hydrogen-bond donors (Lipinski definition) is 0. The predicted molar refractivity (Wildman–Crippen MR) is 93.5 cm³/mol. The number of benzene rings is 1. The summed E-state index contributed by atoms with van der Waals surface area (Å²) in [5, 5.41) is 0. The summed E-state index contributed by atoms with van der Waals surface area (Å²) < 4.78 is 10.9. The molecule has 2 unspecified atom stereocenters. The van der Waals surface area contributed by atoms with E-state index in [-0.39, 0.29) is 0 Å². The van der Waals surface area contributed by atoms with Gasteiger partial charge < -0.3 is 14.4 Å². The van der Waals surface area contributed by atoms with Crippen molar-refractivity contribution in [3.05, 3.63) is 48.2 Å². The van der Waals surface area contributed by atoms with Gasteiger partial charge in [-0.25, -0.2) is 4.98 Å². The molecule has 1 saturated heterocycles. The molecule has 0 aliphatic carbocycles. The number of nitrogens with zero attached hydrogens (tertiary/aromatic N) is 3. The van der Waals surface area contributed by atoms with E-state index >= 15 is 0 Å². The fourth-order valence-electron chi connectivity index (χ4n) is 3.65. The molecule has 0 radical (unpaired) electrons.